The Balaban J connectivity index is 1.73. The molecule has 0 atom stereocenters. The lowest BCUT2D eigenvalue weighted by Crippen LogP contribution is -2.05. The van der Waals surface area contributed by atoms with E-state index in [0.29, 0.717) is 11.3 Å². The number of nitrogens with one attached hydrogen (secondary N) is 1. The number of ether oxygens (including phenoxy) is 1. The van der Waals surface area contributed by atoms with Gasteiger partial charge in [0.25, 0.3) is 0 Å². The summed E-state index contributed by atoms with van der Waals surface area (Å²) in [5.74, 6) is -0.377. The molecule has 0 bridgehead atoms. The first-order valence-electron chi connectivity index (χ1n) is 7.99. The van der Waals surface area contributed by atoms with Gasteiger partial charge >= 0.3 is 5.69 Å². The highest BCUT2D eigenvalue weighted by Gasteiger charge is 2.19. The van der Waals surface area contributed by atoms with Crippen molar-refractivity contribution in [3.05, 3.63) is 64.6 Å². The fraction of sp³-hybridized carbons (Fsp3) is 0.0588. The zero-order valence-corrected chi connectivity index (χ0v) is 14.4. The molecule has 0 aliphatic carbocycles. The largest absolute Gasteiger partial charge is 0.494 e. The van der Waals surface area contributed by atoms with Crippen LogP contribution in [0.15, 0.2) is 48.7 Å². The SMILES string of the molecule is COc1cc(F)c([N+](=O)[O-])cc1Nc1nccc(-n2nnc3ccccc32)n1. The monoisotopic (exact) mass is 381 g/mol. The van der Waals surface area contributed by atoms with Crippen LogP contribution in [0.3, 0.4) is 0 Å². The van der Waals surface area contributed by atoms with Crippen LogP contribution >= 0.6 is 0 Å². The molecule has 0 amide bonds. The number of rotatable bonds is 5. The van der Waals surface area contributed by atoms with Gasteiger partial charge in [-0.05, 0) is 12.1 Å². The minimum atomic E-state index is -1.00. The van der Waals surface area contributed by atoms with Gasteiger partial charge in [0.15, 0.2) is 5.82 Å². The summed E-state index contributed by atoms with van der Waals surface area (Å²) in [4.78, 5) is 18.6. The Kier molecular flexibility index (Phi) is 4.24. The minimum Gasteiger partial charge on any atom is -0.494 e. The maximum absolute atomic E-state index is 13.8. The summed E-state index contributed by atoms with van der Waals surface area (Å²) >= 11 is 0. The Morgan fingerprint density at radius 3 is 2.86 bits per heavy atom. The van der Waals surface area contributed by atoms with E-state index in [1.54, 1.807) is 6.07 Å². The predicted octanol–water partition coefficient (Wildman–Crippen LogP) is 3.01. The molecule has 2 aromatic heterocycles. The number of fused-ring (bicyclic) bond motifs is 1. The van der Waals surface area contributed by atoms with E-state index < -0.39 is 16.4 Å². The molecule has 0 saturated heterocycles. The second kappa shape index (κ2) is 6.87. The molecule has 28 heavy (non-hydrogen) atoms. The van der Waals surface area contributed by atoms with E-state index in [1.807, 2.05) is 24.3 Å². The number of methoxy groups -OCH3 is 1. The number of hydrogen-bond acceptors (Lipinski definition) is 8. The Hall–Kier alpha value is -4.15. The lowest BCUT2D eigenvalue weighted by molar-refractivity contribution is -0.387. The van der Waals surface area contributed by atoms with E-state index in [2.05, 4.69) is 25.6 Å². The maximum atomic E-state index is 13.8. The number of nitrogens with zero attached hydrogens (tertiary/aromatic N) is 6. The van der Waals surface area contributed by atoms with Gasteiger partial charge in [-0.25, -0.2) is 4.98 Å². The van der Waals surface area contributed by atoms with E-state index in [4.69, 9.17) is 4.74 Å². The summed E-state index contributed by atoms with van der Waals surface area (Å²) in [6.07, 6.45) is 1.49. The van der Waals surface area contributed by atoms with Crippen LogP contribution in [0.1, 0.15) is 0 Å². The molecule has 0 unspecified atom stereocenters. The number of para-hydroxylation sites is 1. The highest BCUT2D eigenvalue weighted by atomic mass is 19.1. The molecule has 4 aromatic rings. The van der Waals surface area contributed by atoms with Crippen molar-refractivity contribution in [2.24, 2.45) is 0 Å². The van der Waals surface area contributed by atoms with Crippen LogP contribution in [-0.4, -0.2) is 37.0 Å². The van der Waals surface area contributed by atoms with Gasteiger partial charge in [0, 0.05) is 24.4 Å². The Morgan fingerprint density at radius 1 is 1.25 bits per heavy atom. The zero-order chi connectivity index (χ0) is 19.7. The van der Waals surface area contributed by atoms with Crippen LogP contribution in [-0.2, 0) is 0 Å². The smallest absolute Gasteiger partial charge is 0.307 e. The fourth-order valence-corrected chi connectivity index (χ4v) is 2.64. The number of halogens is 1. The van der Waals surface area contributed by atoms with E-state index in [1.165, 1.54) is 18.0 Å². The third kappa shape index (κ3) is 3.05. The van der Waals surface area contributed by atoms with Crippen molar-refractivity contribution in [2.45, 2.75) is 0 Å². The number of hydrogen-bond donors (Lipinski definition) is 1. The van der Waals surface area contributed by atoms with Gasteiger partial charge in [-0.3, -0.25) is 10.1 Å². The molecular weight excluding hydrogens is 369 g/mol. The van der Waals surface area contributed by atoms with Crippen molar-refractivity contribution in [1.82, 2.24) is 25.0 Å². The molecule has 0 spiro atoms. The Labute approximate surface area is 156 Å². The molecular formula is C17H12FN7O3. The summed E-state index contributed by atoms with van der Waals surface area (Å²) in [6.45, 7) is 0. The molecule has 1 N–H and O–H groups in total. The molecule has 0 fully saturated rings. The normalized spacial score (nSPS) is 10.8. The highest BCUT2D eigenvalue weighted by Crippen LogP contribution is 2.33. The van der Waals surface area contributed by atoms with Gasteiger partial charge in [-0.1, -0.05) is 17.3 Å². The summed E-state index contributed by atoms with van der Waals surface area (Å²) in [7, 11) is 1.32. The van der Waals surface area contributed by atoms with Gasteiger partial charge in [-0.2, -0.15) is 14.1 Å². The first kappa shape index (κ1) is 17.3. The van der Waals surface area contributed by atoms with Crippen molar-refractivity contribution < 1.29 is 14.1 Å². The Bertz CT molecular complexity index is 1190. The minimum absolute atomic E-state index is 0.0725. The third-order valence-corrected chi connectivity index (χ3v) is 3.92. The van der Waals surface area contributed by atoms with Crippen LogP contribution in [0.5, 0.6) is 5.75 Å². The first-order valence-corrected chi connectivity index (χ1v) is 7.99. The van der Waals surface area contributed by atoms with Gasteiger partial charge < -0.3 is 10.1 Å². The van der Waals surface area contributed by atoms with Gasteiger partial charge in [0.05, 0.1) is 23.2 Å². The number of nitro groups is 1. The lowest BCUT2D eigenvalue weighted by atomic mass is 10.2. The third-order valence-electron chi connectivity index (χ3n) is 3.92. The van der Waals surface area contributed by atoms with Crippen molar-refractivity contribution in [3.8, 4) is 11.6 Å². The average Bonchev–Trinajstić information content (AvgIpc) is 3.13. The molecule has 4 rings (SSSR count). The number of benzene rings is 2. The van der Waals surface area contributed by atoms with Crippen molar-refractivity contribution in [1.29, 1.82) is 0 Å². The van der Waals surface area contributed by atoms with Gasteiger partial charge in [0.1, 0.15) is 11.3 Å². The van der Waals surface area contributed by atoms with E-state index in [0.717, 1.165) is 17.6 Å². The van der Waals surface area contributed by atoms with E-state index >= 15 is 0 Å². The number of aromatic nitrogens is 5. The van der Waals surface area contributed by atoms with Crippen molar-refractivity contribution >= 4 is 28.4 Å². The average molecular weight is 381 g/mol. The van der Waals surface area contributed by atoms with Crippen LogP contribution in [0.4, 0.5) is 21.7 Å². The Morgan fingerprint density at radius 2 is 2.07 bits per heavy atom. The molecule has 0 aliphatic heterocycles. The highest BCUT2D eigenvalue weighted by molar-refractivity contribution is 5.75. The molecule has 0 aliphatic rings. The molecule has 2 aromatic carbocycles. The summed E-state index contributed by atoms with van der Waals surface area (Å²) in [5, 5.41) is 22.0. The van der Waals surface area contributed by atoms with Crippen molar-refractivity contribution in [2.75, 3.05) is 12.4 Å². The van der Waals surface area contributed by atoms with Crippen LogP contribution in [0, 0.1) is 15.9 Å². The van der Waals surface area contributed by atoms with Gasteiger partial charge in [-0.15, -0.1) is 5.10 Å². The maximum Gasteiger partial charge on any atom is 0.307 e. The van der Waals surface area contributed by atoms with E-state index in [9.17, 15) is 14.5 Å². The number of nitro benzene ring substituents is 1. The lowest BCUT2D eigenvalue weighted by Gasteiger charge is -2.11. The quantitative estimate of drug-likeness (QED) is 0.414. The molecule has 2 heterocycles. The number of anilines is 2. The zero-order valence-electron chi connectivity index (χ0n) is 14.4. The topological polar surface area (TPSA) is 121 Å². The standard InChI is InChI=1S/C17H12FN7O3/c1-28-15-8-10(18)14(25(26)27)9-12(15)20-17-19-7-6-16(21-17)24-13-5-3-2-4-11(13)22-23-24/h2-9H,1H3,(H,19,20,21). The summed E-state index contributed by atoms with van der Waals surface area (Å²) < 4.78 is 20.4. The molecule has 11 heteroatoms. The van der Waals surface area contributed by atoms with Crippen LogP contribution in [0.2, 0.25) is 0 Å². The van der Waals surface area contributed by atoms with Crippen LogP contribution < -0.4 is 10.1 Å². The van der Waals surface area contributed by atoms with Crippen LogP contribution in [0.25, 0.3) is 16.9 Å². The predicted molar refractivity (Wildman–Crippen MR) is 97.3 cm³/mol. The second-order valence-electron chi connectivity index (χ2n) is 5.61. The summed E-state index contributed by atoms with van der Waals surface area (Å²) in [6, 6.07) is 11.0. The molecule has 0 saturated carbocycles. The van der Waals surface area contributed by atoms with Gasteiger partial charge in [0.2, 0.25) is 11.8 Å². The summed E-state index contributed by atoms with van der Waals surface area (Å²) in [5.41, 5.74) is 0.909. The van der Waals surface area contributed by atoms with Crippen molar-refractivity contribution in [3.63, 3.8) is 0 Å². The molecule has 10 nitrogen and oxygen atoms in total. The van der Waals surface area contributed by atoms with E-state index in [-0.39, 0.29) is 17.4 Å². The molecule has 0 radical (unpaired) electrons. The molecule has 140 valence electrons. The first-order chi connectivity index (χ1) is 13.6. The fourth-order valence-electron chi connectivity index (χ4n) is 2.64. The second-order valence-corrected chi connectivity index (χ2v) is 5.61.